The van der Waals surface area contributed by atoms with Crippen LogP contribution in [0.4, 0.5) is 0 Å². The molecule has 0 spiro atoms. The van der Waals surface area contributed by atoms with Gasteiger partial charge in [0.15, 0.2) is 5.78 Å². The highest BCUT2D eigenvalue weighted by molar-refractivity contribution is 9.10. The molecule has 0 radical (unpaired) electrons. The Morgan fingerprint density at radius 3 is 2.64 bits per heavy atom. The fourth-order valence-corrected chi connectivity index (χ4v) is 1.52. The average Bonchev–Trinajstić information content (AvgIpc) is 2.17. The number of nitriles is 1. The number of benzene rings is 1. The molecule has 14 heavy (non-hydrogen) atoms. The minimum absolute atomic E-state index is 0.0907. The zero-order valence-corrected chi connectivity index (χ0v) is 9.38. The van der Waals surface area contributed by atoms with Gasteiger partial charge in [-0.05, 0) is 35.0 Å². The van der Waals surface area contributed by atoms with Gasteiger partial charge in [0.1, 0.15) is 11.8 Å². The van der Waals surface area contributed by atoms with Crippen LogP contribution in [0.25, 0.3) is 0 Å². The van der Waals surface area contributed by atoms with Crippen molar-refractivity contribution in [3.63, 3.8) is 0 Å². The fraction of sp³-hybridized carbons (Fsp3) is 0.200. The van der Waals surface area contributed by atoms with Gasteiger partial charge in [-0.2, -0.15) is 5.26 Å². The Balaban J connectivity index is 3.41. The molecule has 0 saturated carbocycles. The Kier molecular flexibility index (Phi) is 3.26. The van der Waals surface area contributed by atoms with E-state index in [1.165, 1.54) is 14.0 Å². The van der Waals surface area contributed by atoms with Crippen LogP contribution in [-0.2, 0) is 0 Å². The van der Waals surface area contributed by atoms with Crippen molar-refractivity contribution in [1.29, 1.82) is 5.26 Å². The Morgan fingerprint density at radius 1 is 1.57 bits per heavy atom. The van der Waals surface area contributed by atoms with Gasteiger partial charge in [0.25, 0.3) is 0 Å². The lowest BCUT2D eigenvalue weighted by atomic mass is 10.1. The van der Waals surface area contributed by atoms with Crippen LogP contribution in [0.1, 0.15) is 22.8 Å². The molecule has 0 aliphatic carbocycles. The van der Waals surface area contributed by atoms with Crippen LogP contribution in [0.5, 0.6) is 5.75 Å². The second-order valence-corrected chi connectivity index (χ2v) is 3.55. The van der Waals surface area contributed by atoms with Gasteiger partial charge in [0.2, 0.25) is 0 Å². The van der Waals surface area contributed by atoms with Gasteiger partial charge in [-0.15, -0.1) is 0 Å². The number of ketones is 1. The van der Waals surface area contributed by atoms with Crippen molar-refractivity contribution in [3.8, 4) is 11.8 Å². The number of methoxy groups -OCH3 is 1. The zero-order chi connectivity index (χ0) is 10.7. The third kappa shape index (κ3) is 1.94. The molecule has 0 unspecified atom stereocenters. The quantitative estimate of drug-likeness (QED) is 0.762. The van der Waals surface area contributed by atoms with Gasteiger partial charge < -0.3 is 4.74 Å². The molecule has 0 fully saturated rings. The van der Waals surface area contributed by atoms with Crippen molar-refractivity contribution in [2.45, 2.75) is 6.92 Å². The summed E-state index contributed by atoms with van der Waals surface area (Å²) in [5.41, 5.74) is 0.922. The molecule has 1 aromatic rings. The molecule has 0 aliphatic rings. The first-order valence-electron chi connectivity index (χ1n) is 3.88. The average molecular weight is 254 g/mol. The Bertz CT molecular complexity index is 421. The van der Waals surface area contributed by atoms with Gasteiger partial charge in [0.05, 0.1) is 18.2 Å². The van der Waals surface area contributed by atoms with E-state index in [0.717, 1.165) is 0 Å². The topological polar surface area (TPSA) is 50.1 Å². The molecule has 0 amide bonds. The van der Waals surface area contributed by atoms with Gasteiger partial charge in [-0.3, -0.25) is 4.79 Å². The second kappa shape index (κ2) is 4.25. The minimum atomic E-state index is -0.0907. The first kappa shape index (κ1) is 10.7. The first-order valence-corrected chi connectivity index (χ1v) is 4.68. The number of halogens is 1. The van der Waals surface area contributed by atoms with Gasteiger partial charge in [-0.25, -0.2) is 0 Å². The molecule has 1 aromatic carbocycles. The Hall–Kier alpha value is -1.34. The summed E-state index contributed by atoms with van der Waals surface area (Å²) in [7, 11) is 1.47. The smallest absolute Gasteiger partial charge is 0.163 e. The lowest BCUT2D eigenvalue weighted by Crippen LogP contribution is -1.98. The summed E-state index contributed by atoms with van der Waals surface area (Å²) < 4.78 is 5.61. The number of hydrogen-bond acceptors (Lipinski definition) is 3. The molecular formula is C10H8BrNO2. The van der Waals surface area contributed by atoms with Crippen molar-refractivity contribution < 1.29 is 9.53 Å². The normalized spacial score (nSPS) is 9.29. The van der Waals surface area contributed by atoms with E-state index in [1.54, 1.807) is 12.1 Å². The molecule has 0 aromatic heterocycles. The van der Waals surface area contributed by atoms with E-state index in [2.05, 4.69) is 15.9 Å². The SMILES string of the molecule is COc1cc(C#N)c(Br)cc1C(C)=O. The maximum Gasteiger partial charge on any atom is 0.163 e. The molecule has 0 bridgehead atoms. The van der Waals surface area contributed by atoms with E-state index in [0.29, 0.717) is 21.3 Å². The molecular weight excluding hydrogens is 246 g/mol. The number of rotatable bonds is 2. The number of nitrogens with zero attached hydrogens (tertiary/aromatic N) is 1. The highest BCUT2D eigenvalue weighted by atomic mass is 79.9. The van der Waals surface area contributed by atoms with Gasteiger partial charge in [0, 0.05) is 4.47 Å². The van der Waals surface area contributed by atoms with Crippen molar-refractivity contribution >= 4 is 21.7 Å². The number of carbonyl (C=O) groups excluding carboxylic acids is 1. The van der Waals surface area contributed by atoms with Crippen LogP contribution in [0, 0.1) is 11.3 Å². The lowest BCUT2D eigenvalue weighted by molar-refractivity contribution is 0.101. The maximum absolute atomic E-state index is 11.2. The largest absolute Gasteiger partial charge is 0.496 e. The van der Waals surface area contributed by atoms with Crippen LogP contribution in [-0.4, -0.2) is 12.9 Å². The standard InChI is InChI=1S/C10H8BrNO2/c1-6(13)8-4-9(11)7(5-12)3-10(8)14-2/h3-4H,1-2H3. The summed E-state index contributed by atoms with van der Waals surface area (Å²) in [6.45, 7) is 1.45. The summed E-state index contributed by atoms with van der Waals surface area (Å²) >= 11 is 3.21. The molecule has 72 valence electrons. The van der Waals surface area contributed by atoms with Crippen LogP contribution in [0.15, 0.2) is 16.6 Å². The van der Waals surface area contributed by atoms with E-state index < -0.39 is 0 Å². The number of carbonyl (C=O) groups is 1. The van der Waals surface area contributed by atoms with Crippen molar-refractivity contribution in [3.05, 3.63) is 27.7 Å². The van der Waals surface area contributed by atoms with Crippen LogP contribution < -0.4 is 4.74 Å². The summed E-state index contributed by atoms with van der Waals surface area (Å²) in [6.07, 6.45) is 0. The molecule has 3 nitrogen and oxygen atoms in total. The van der Waals surface area contributed by atoms with E-state index in [-0.39, 0.29) is 5.78 Å². The maximum atomic E-state index is 11.2. The first-order chi connectivity index (χ1) is 6.60. The summed E-state index contributed by atoms with van der Waals surface area (Å²) in [6, 6.07) is 5.14. The molecule has 0 atom stereocenters. The molecule has 0 aliphatic heterocycles. The third-order valence-corrected chi connectivity index (χ3v) is 2.44. The number of ether oxygens (including phenoxy) is 1. The summed E-state index contributed by atoms with van der Waals surface area (Å²) in [5, 5.41) is 8.75. The zero-order valence-electron chi connectivity index (χ0n) is 7.80. The van der Waals surface area contributed by atoms with E-state index in [1.807, 2.05) is 6.07 Å². The predicted molar refractivity (Wildman–Crippen MR) is 55.4 cm³/mol. The molecule has 1 rings (SSSR count). The van der Waals surface area contributed by atoms with Gasteiger partial charge in [-0.1, -0.05) is 0 Å². The van der Waals surface area contributed by atoms with Crippen molar-refractivity contribution in [1.82, 2.24) is 0 Å². The van der Waals surface area contributed by atoms with E-state index >= 15 is 0 Å². The van der Waals surface area contributed by atoms with Crippen molar-refractivity contribution in [2.75, 3.05) is 7.11 Å². The monoisotopic (exact) mass is 253 g/mol. The third-order valence-electron chi connectivity index (χ3n) is 1.79. The van der Waals surface area contributed by atoms with E-state index in [9.17, 15) is 4.79 Å². The molecule has 4 heteroatoms. The number of Topliss-reactive ketones (excluding diaryl/α,β-unsaturated/α-hetero) is 1. The molecule has 0 heterocycles. The molecule has 0 N–H and O–H groups in total. The van der Waals surface area contributed by atoms with Crippen LogP contribution in [0.3, 0.4) is 0 Å². The summed E-state index contributed by atoms with van der Waals surface area (Å²) in [4.78, 5) is 11.2. The highest BCUT2D eigenvalue weighted by Crippen LogP contribution is 2.27. The Morgan fingerprint density at radius 2 is 2.21 bits per heavy atom. The molecule has 0 saturated heterocycles. The highest BCUT2D eigenvalue weighted by Gasteiger charge is 2.11. The summed E-state index contributed by atoms with van der Waals surface area (Å²) in [5.74, 6) is 0.337. The van der Waals surface area contributed by atoms with Crippen molar-refractivity contribution in [2.24, 2.45) is 0 Å². The number of hydrogen-bond donors (Lipinski definition) is 0. The Labute approximate surface area is 90.4 Å². The van der Waals surface area contributed by atoms with Gasteiger partial charge >= 0.3 is 0 Å². The second-order valence-electron chi connectivity index (χ2n) is 2.70. The van der Waals surface area contributed by atoms with E-state index in [4.69, 9.17) is 10.00 Å². The van der Waals surface area contributed by atoms with Crippen LogP contribution >= 0.6 is 15.9 Å². The fourth-order valence-electron chi connectivity index (χ4n) is 1.08. The van der Waals surface area contributed by atoms with Crippen LogP contribution in [0.2, 0.25) is 0 Å². The minimum Gasteiger partial charge on any atom is -0.496 e. The lowest BCUT2D eigenvalue weighted by Gasteiger charge is -2.06. The predicted octanol–water partition coefficient (Wildman–Crippen LogP) is 2.53.